The van der Waals surface area contributed by atoms with Gasteiger partial charge in [0.05, 0.1) is 23.4 Å². The Labute approximate surface area is 122 Å². The highest BCUT2D eigenvalue weighted by Crippen LogP contribution is 2.17. The fourth-order valence-corrected chi connectivity index (χ4v) is 2.16. The molecule has 6 nitrogen and oxygen atoms in total. The molecule has 21 heavy (non-hydrogen) atoms. The third kappa shape index (κ3) is 2.94. The Morgan fingerprint density at radius 3 is 2.43 bits per heavy atom. The van der Waals surface area contributed by atoms with Crippen molar-refractivity contribution in [1.29, 1.82) is 0 Å². The summed E-state index contributed by atoms with van der Waals surface area (Å²) in [6, 6.07) is 5.89. The van der Waals surface area contributed by atoms with Crippen LogP contribution in [0.3, 0.4) is 0 Å². The molecule has 0 radical (unpaired) electrons. The zero-order chi connectivity index (χ0) is 15.6. The van der Waals surface area contributed by atoms with Crippen LogP contribution in [0.4, 0.5) is 0 Å². The van der Waals surface area contributed by atoms with Gasteiger partial charge in [-0.2, -0.15) is 5.10 Å². The third-order valence-electron chi connectivity index (χ3n) is 3.49. The highest BCUT2D eigenvalue weighted by Gasteiger charge is 2.19. The molecular weight excluding hydrogens is 270 g/mol. The zero-order valence-corrected chi connectivity index (χ0v) is 12.1. The fourth-order valence-electron chi connectivity index (χ4n) is 2.16. The van der Waals surface area contributed by atoms with Crippen molar-refractivity contribution in [3.05, 3.63) is 52.8 Å². The van der Waals surface area contributed by atoms with Crippen LogP contribution in [-0.4, -0.2) is 26.8 Å². The number of hydrogen-bond donors (Lipinski definition) is 2. The van der Waals surface area contributed by atoms with Gasteiger partial charge in [0.1, 0.15) is 0 Å². The van der Waals surface area contributed by atoms with Crippen molar-refractivity contribution in [2.45, 2.75) is 19.9 Å². The molecule has 1 atom stereocenters. The molecule has 0 aliphatic heterocycles. The second-order valence-electron chi connectivity index (χ2n) is 4.85. The molecule has 2 aromatic rings. The number of aryl methyl sites for hydroxylation is 1. The highest BCUT2D eigenvalue weighted by molar-refractivity contribution is 6.04. The maximum atomic E-state index is 12.3. The van der Waals surface area contributed by atoms with Gasteiger partial charge in [0.25, 0.3) is 5.91 Å². The zero-order valence-electron chi connectivity index (χ0n) is 12.1. The quantitative estimate of drug-likeness (QED) is 0.899. The number of amides is 1. The maximum Gasteiger partial charge on any atom is 0.336 e. The number of benzene rings is 1. The summed E-state index contributed by atoms with van der Waals surface area (Å²) in [5.74, 6) is -1.53. The summed E-state index contributed by atoms with van der Waals surface area (Å²) in [5.41, 5.74) is 2.00. The molecule has 0 saturated heterocycles. The number of carbonyl (C=O) groups excluding carboxylic acids is 1. The minimum absolute atomic E-state index is 0.00916. The Balaban J connectivity index is 2.22. The van der Waals surface area contributed by atoms with Gasteiger partial charge >= 0.3 is 5.97 Å². The Bertz CT molecular complexity index is 691. The Morgan fingerprint density at radius 2 is 1.90 bits per heavy atom. The van der Waals surface area contributed by atoms with Crippen LogP contribution >= 0.6 is 0 Å². The van der Waals surface area contributed by atoms with Gasteiger partial charge in [-0.3, -0.25) is 9.48 Å². The molecule has 2 rings (SSSR count). The first kappa shape index (κ1) is 14.8. The minimum atomic E-state index is -1.12. The lowest BCUT2D eigenvalue weighted by Crippen LogP contribution is -2.28. The number of aromatic carboxylic acids is 1. The standard InChI is InChI=1S/C15H17N3O3/c1-9(13-8-16-18(3)10(13)2)17-14(19)11-6-4-5-7-12(11)15(20)21/h4-9H,1-3H3,(H,17,19)(H,20,21). The van der Waals surface area contributed by atoms with E-state index in [4.69, 9.17) is 5.11 Å². The summed E-state index contributed by atoms with van der Waals surface area (Å²) >= 11 is 0. The molecule has 0 spiro atoms. The molecule has 0 aliphatic carbocycles. The summed E-state index contributed by atoms with van der Waals surface area (Å²) in [5, 5.41) is 16.1. The number of rotatable bonds is 4. The Hall–Kier alpha value is -2.63. The van der Waals surface area contributed by atoms with Crippen LogP contribution < -0.4 is 5.32 Å². The van der Waals surface area contributed by atoms with Gasteiger partial charge in [-0.1, -0.05) is 12.1 Å². The van der Waals surface area contributed by atoms with Gasteiger partial charge in [0.15, 0.2) is 0 Å². The van der Waals surface area contributed by atoms with E-state index in [-0.39, 0.29) is 17.2 Å². The number of nitrogens with zero attached hydrogens (tertiary/aromatic N) is 2. The average Bonchev–Trinajstić information content (AvgIpc) is 2.79. The highest BCUT2D eigenvalue weighted by atomic mass is 16.4. The van der Waals surface area contributed by atoms with Gasteiger partial charge in [0.2, 0.25) is 0 Å². The normalized spacial score (nSPS) is 12.0. The van der Waals surface area contributed by atoms with Gasteiger partial charge in [-0.25, -0.2) is 4.79 Å². The lowest BCUT2D eigenvalue weighted by Gasteiger charge is -2.14. The van der Waals surface area contributed by atoms with Gasteiger partial charge < -0.3 is 10.4 Å². The second kappa shape index (κ2) is 5.78. The van der Waals surface area contributed by atoms with Crippen molar-refractivity contribution in [2.24, 2.45) is 7.05 Å². The Morgan fingerprint density at radius 1 is 1.29 bits per heavy atom. The second-order valence-corrected chi connectivity index (χ2v) is 4.85. The van der Waals surface area contributed by atoms with Crippen molar-refractivity contribution < 1.29 is 14.7 Å². The molecule has 1 aromatic heterocycles. The van der Waals surface area contributed by atoms with Gasteiger partial charge in [0, 0.05) is 18.3 Å². The molecule has 6 heteroatoms. The van der Waals surface area contributed by atoms with E-state index >= 15 is 0 Å². The molecule has 1 amide bonds. The molecule has 0 aliphatic rings. The van der Waals surface area contributed by atoms with Gasteiger partial charge in [-0.15, -0.1) is 0 Å². The number of nitrogens with one attached hydrogen (secondary N) is 1. The Kier molecular flexibility index (Phi) is 4.07. The van der Waals surface area contributed by atoms with Crippen LogP contribution in [0.25, 0.3) is 0 Å². The summed E-state index contributed by atoms with van der Waals surface area (Å²) in [6.45, 7) is 3.75. The molecular formula is C15H17N3O3. The van der Waals surface area contributed by atoms with Crippen LogP contribution in [0.15, 0.2) is 30.5 Å². The first-order valence-corrected chi connectivity index (χ1v) is 6.53. The first-order chi connectivity index (χ1) is 9.91. The molecule has 1 unspecified atom stereocenters. The smallest absolute Gasteiger partial charge is 0.336 e. The predicted octanol–water partition coefficient (Wildman–Crippen LogP) is 1.92. The van der Waals surface area contributed by atoms with E-state index in [1.54, 1.807) is 23.0 Å². The minimum Gasteiger partial charge on any atom is -0.478 e. The molecule has 1 aromatic carbocycles. The van der Waals surface area contributed by atoms with E-state index in [9.17, 15) is 9.59 Å². The van der Waals surface area contributed by atoms with Crippen LogP contribution in [0.2, 0.25) is 0 Å². The molecule has 0 bridgehead atoms. The van der Waals surface area contributed by atoms with E-state index in [2.05, 4.69) is 10.4 Å². The van der Waals surface area contributed by atoms with E-state index in [1.807, 2.05) is 20.9 Å². The lowest BCUT2D eigenvalue weighted by atomic mass is 10.1. The topological polar surface area (TPSA) is 84.2 Å². The number of carboxylic acids is 1. The van der Waals surface area contributed by atoms with Gasteiger partial charge in [-0.05, 0) is 26.0 Å². The maximum absolute atomic E-state index is 12.3. The largest absolute Gasteiger partial charge is 0.478 e. The summed E-state index contributed by atoms with van der Waals surface area (Å²) in [4.78, 5) is 23.4. The van der Waals surface area contributed by atoms with E-state index in [0.717, 1.165) is 11.3 Å². The number of carboxylic acid groups (broad SMARTS) is 1. The molecule has 1 heterocycles. The lowest BCUT2D eigenvalue weighted by molar-refractivity contribution is 0.0690. The number of aromatic nitrogens is 2. The van der Waals surface area contributed by atoms with Crippen LogP contribution in [0.1, 0.15) is 44.9 Å². The molecule has 2 N–H and O–H groups in total. The first-order valence-electron chi connectivity index (χ1n) is 6.53. The van der Waals surface area contributed by atoms with Crippen LogP contribution in [0, 0.1) is 6.92 Å². The SMILES string of the molecule is Cc1c(C(C)NC(=O)c2ccccc2C(=O)O)cnn1C. The monoisotopic (exact) mass is 287 g/mol. The summed E-state index contributed by atoms with van der Waals surface area (Å²) in [7, 11) is 1.83. The van der Waals surface area contributed by atoms with Crippen molar-refractivity contribution in [2.75, 3.05) is 0 Å². The molecule has 0 fully saturated rings. The van der Waals surface area contributed by atoms with Crippen molar-refractivity contribution in [1.82, 2.24) is 15.1 Å². The van der Waals surface area contributed by atoms with Crippen LogP contribution in [-0.2, 0) is 7.05 Å². The van der Waals surface area contributed by atoms with E-state index in [0.29, 0.717) is 0 Å². The van der Waals surface area contributed by atoms with E-state index in [1.165, 1.54) is 12.1 Å². The predicted molar refractivity (Wildman–Crippen MR) is 77.2 cm³/mol. The summed E-state index contributed by atoms with van der Waals surface area (Å²) < 4.78 is 1.73. The molecule has 0 saturated carbocycles. The van der Waals surface area contributed by atoms with Crippen LogP contribution in [0.5, 0.6) is 0 Å². The van der Waals surface area contributed by atoms with Crippen molar-refractivity contribution >= 4 is 11.9 Å². The summed E-state index contributed by atoms with van der Waals surface area (Å²) in [6.07, 6.45) is 1.70. The van der Waals surface area contributed by atoms with Crippen molar-refractivity contribution in [3.63, 3.8) is 0 Å². The number of hydrogen-bond acceptors (Lipinski definition) is 3. The van der Waals surface area contributed by atoms with E-state index < -0.39 is 11.9 Å². The average molecular weight is 287 g/mol. The molecule has 110 valence electrons. The number of carbonyl (C=O) groups is 2. The van der Waals surface area contributed by atoms with Crippen molar-refractivity contribution in [3.8, 4) is 0 Å². The third-order valence-corrected chi connectivity index (χ3v) is 3.49. The fraction of sp³-hybridized carbons (Fsp3) is 0.267.